The van der Waals surface area contributed by atoms with Gasteiger partial charge in [0.2, 0.25) is 11.8 Å². The third-order valence-electron chi connectivity index (χ3n) is 6.77. The van der Waals surface area contributed by atoms with Gasteiger partial charge in [-0.05, 0) is 59.9 Å². The van der Waals surface area contributed by atoms with E-state index in [1.165, 1.54) is 0 Å². The van der Waals surface area contributed by atoms with E-state index in [2.05, 4.69) is 10.6 Å². The predicted octanol–water partition coefficient (Wildman–Crippen LogP) is 6.11. The van der Waals surface area contributed by atoms with Crippen LogP contribution in [0.3, 0.4) is 0 Å². The van der Waals surface area contributed by atoms with Gasteiger partial charge in [-0.25, -0.2) is 0 Å². The van der Waals surface area contributed by atoms with Gasteiger partial charge in [-0.15, -0.1) is 0 Å². The third kappa shape index (κ3) is 9.51. The summed E-state index contributed by atoms with van der Waals surface area (Å²) in [5.41, 5.74) is 2.70. The fourth-order valence-corrected chi connectivity index (χ4v) is 4.54. The molecule has 202 valence electrons. The predicted molar refractivity (Wildman–Crippen MR) is 149 cm³/mol. The Hall–Kier alpha value is -2.86. The second-order valence-electron chi connectivity index (χ2n) is 10.8. The zero-order valence-electron chi connectivity index (χ0n) is 22.6. The number of aliphatic carboxylic acids is 1. The molecule has 6 nitrogen and oxygen atoms in total. The molecule has 2 amide bonds. The molecular weight excluding hydrogens is 488 g/mol. The van der Waals surface area contributed by atoms with E-state index in [4.69, 9.17) is 11.6 Å². The van der Waals surface area contributed by atoms with E-state index in [0.717, 1.165) is 29.5 Å². The summed E-state index contributed by atoms with van der Waals surface area (Å²) in [7, 11) is 1.55. The first-order valence-electron chi connectivity index (χ1n) is 13.1. The molecule has 0 aromatic heterocycles. The molecule has 3 N–H and O–H groups in total. The molecule has 0 spiro atoms. The zero-order chi connectivity index (χ0) is 27.6. The average molecular weight is 529 g/mol. The van der Waals surface area contributed by atoms with Crippen LogP contribution in [0.5, 0.6) is 0 Å². The van der Waals surface area contributed by atoms with E-state index in [9.17, 15) is 19.5 Å². The molecule has 0 saturated heterocycles. The number of carboxylic acids is 1. The second-order valence-corrected chi connectivity index (χ2v) is 11.2. The lowest BCUT2D eigenvalue weighted by Gasteiger charge is -2.31. The van der Waals surface area contributed by atoms with Crippen LogP contribution in [0.2, 0.25) is 5.02 Å². The van der Waals surface area contributed by atoms with E-state index in [-0.39, 0.29) is 18.2 Å². The highest BCUT2D eigenvalue weighted by atomic mass is 35.5. The SMILES string of the molecule is CCCC[C@@H](C[C@@H](CCc1ccc(-c2ccc(Cl)cc2)cc1)C(=O)N[C@H](C(=O)NC)C(C)(C)C)C(=O)O. The fraction of sp³-hybridized carbons (Fsp3) is 0.500. The Balaban J connectivity index is 2.20. The number of benzene rings is 2. The van der Waals surface area contributed by atoms with Crippen molar-refractivity contribution < 1.29 is 19.5 Å². The largest absolute Gasteiger partial charge is 0.481 e. The van der Waals surface area contributed by atoms with Crippen LogP contribution in [0.4, 0.5) is 0 Å². The van der Waals surface area contributed by atoms with E-state index in [1.807, 2.05) is 76.2 Å². The van der Waals surface area contributed by atoms with Crippen LogP contribution >= 0.6 is 11.6 Å². The van der Waals surface area contributed by atoms with Crippen molar-refractivity contribution in [3.63, 3.8) is 0 Å². The highest BCUT2D eigenvalue weighted by Gasteiger charge is 2.35. The van der Waals surface area contributed by atoms with Gasteiger partial charge in [-0.3, -0.25) is 14.4 Å². The molecule has 2 rings (SSSR count). The van der Waals surface area contributed by atoms with Crippen molar-refractivity contribution in [1.29, 1.82) is 0 Å². The molecule has 0 fully saturated rings. The number of amides is 2. The second kappa shape index (κ2) is 14.2. The van der Waals surface area contributed by atoms with Gasteiger partial charge in [0, 0.05) is 18.0 Å². The number of halogens is 1. The van der Waals surface area contributed by atoms with Crippen molar-refractivity contribution in [2.45, 2.75) is 72.3 Å². The fourth-order valence-electron chi connectivity index (χ4n) is 4.42. The van der Waals surface area contributed by atoms with Gasteiger partial charge in [-0.2, -0.15) is 0 Å². The van der Waals surface area contributed by atoms with Crippen LogP contribution in [-0.4, -0.2) is 36.0 Å². The first-order valence-corrected chi connectivity index (χ1v) is 13.4. The number of unbranched alkanes of at least 4 members (excludes halogenated alkanes) is 1. The maximum atomic E-state index is 13.4. The Morgan fingerprint density at radius 2 is 1.46 bits per heavy atom. The highest BCUT2D eigenvalue weighted by Crippen LogP contribution is 2.27. The summed E-state index contributed by atoms with van der Waals surface area (Å²) in [5, 5.41) is 16.0. The van der Waals surface area contributed by atoms with Gasteiger partial charge in [-0.1, -0.05) is 88.5 Å². The summed E-state index contributed by atoms with van der Waals surface area (Å²) in [6.07, 6.45) is 3.58. The molecular formula is C30H41ClN2O4. The standard InChI is InChI=1S/C30H41ClN2O4/c1-6-7-8-24(29(36)37)19-23(27(34)33-26(28(35)32-5)30(2,3)4)14-11-20-9-12-21(13-10-20)22-15-17-25(31)18-16-22/h9-10,12-13,15-18,23-24,26H,6-8,11,14,19H2,1-5H3,(H,32,35)(H,33,34)(H,36,37)/t23-,24+,26-/m1/s1. The molecule has 2 aromatic carbocycles. The van der Waals surface area contributed by atoms with Gasteiger partial charge in [0.15, 0.2) is 0 Å². The molecule has 0 aliphatic heterocycles. The van der Waals surface area contributed by atoms with E-state index in [0.29, 0.717) is 24.3 Å². The van der Waals surface area contributed by atoms with Gasteiger partial charge in [0.1, 0.15) is 6.04 Å². The van der Waals surface area contributed by atoms with E-state index in [1.54, 1.807) is 7.05 Å². The summed E-state index contributed by atoms with van der Waals surface area (Å²) >= 11 is 5.99. The van der Waals surface area contributed by atoms with E-state index < -0.39 is 29.3 Å². The number of likely N-dealkylation sites (N-methyl/N-ethyl adjacent to an activating group) is 1. The van der Waals surface area contributed by atoms with Crippen molar-refractivity contribution in [2.75, 3.05) is 7.05 Å². The van der Waals surface area contributed by atoms with Crippen LogP contribution in [0.15, 0.2) is 48.5 Å². The Morgan fingerprint density at radius 3 is 1.95 bits per heavy atom. The monoisotopic (exact) mass is 528 g/mol. The number of nitrogens with one attached hydrogen (secondary N) is 2. The van der Waals surface area contributed by atoms with Crippen LogP contribution in [0, 0.1) is 17.3 Å². The summed E-state index contributed by atoms with van der Waals surface area (Å²) in [4.78, 5) is 37.9. The number of carbonyl (C=O) groups excluding carboxylic acids is 2. The van der Waals surface area contributed by atoms with Crippen LogP contribution < -0.4 is 10.6 Å². The Labute approximate surface area is 226 Å². The van der Waals surface area contributed by atoms with Gasteiger partial charge in [0.25, 0.3) is 0 Å². The minimum Gasteiger partial charge on any atom is -0.481 e. The first kappa shape index (κ1) is 30.4. The van der Waals surface area contributed by atoms with Gasteiger partial charge < -0.3 is 15.7 Å². The number of hydrogen-bond donors (Lipinski definition) is 3. The quantitative estimate of drug-likeness (QED) is 0.292. The number of rotatable bonds is 13. The molecule has 0 bridgehead atoms. The lowest BCUT2D eigenvalue weighted by Crippen LogP contribution is -2.54. The molecule has 0 radical (unpaired) electrons. The molecule has 37 heavy (non-hydrogen) atoms. The number of carbonyl (C=O) groups is 3. The minimum atomic E-state index is -0.878. The Bertz CT molecular complexity index is 1030. The first-order chi connectivity index (χ1) is 17.5. The average Bonchev–Trinajstić information content (AvgIpc) is 2.86. The van der Waals surface area contributed by atoms with Crippen LogP contribution in [-0.2, 0) is 20.8 Å². The van der Waals surface area contributed by atoms with Crippen LogP contribution in [0.1, 0.15) is 65.4 Å². The Kier molecular flexibility index (Phi) is 11.6. The lowest BCUT2D eigenvalue weighted by molar-refractivity contribution is -0.143. The van der Waals surface area contributed by atoms with Crippen LogP contribution in [0.25, 0.3) is 11.1 Å². The molecule has 0 heterocycles. The molecule has 0 saturated carbocycles. The summed E-state index contributed by atoms with van der Waals surface area (Å²) in [6.45, 7) is 7.71. The summed E-state index contributed by atoms with van der Waals surface area (Å²) in [5.74, 6) is -2.54. The Morgan fingerprint density at radius 1 is 0.892 bits per heavy atom. The summed E-state index contributed by atoms with van der Waals surface area (Å²) in [6, 6.07) is 15.1. The van der Waals surface area contributed by atoms with Crippen molar-refractivity contribution in [2.24, 2.45) is 17.3 Å². The van der Waals surface area contributed by atoms with Crippen molar-refractivity contribution >= 4 is 29.4 Å². The maximum absolute atomic E-state index is 13.4. The van der Waals surface area contributed by atoms with Gasteiger partial charge >= 0.3 is 5.97 Å². The topological polar surface area (TPSA) is 95.5 Å². The molecule has 3 atom stereocenters. The summed E-state index contributed by atoms with van der Waals surface area (Å²) < 4.78 is 0. The minimum absolute atomic E-state index is 0.245. The number of hydrogen-bond acceptors (Lipinski definition) is 3. The number of aryl methyl sites for hydroxylation is 1. The normalized spacial score (nSPS) is 13.9. The molecule has 7 heteroatoms. The highest BCUT2D eigenvalue weighted by molar-refractivity contribution is 6.30. The third-order valence-corrected chi connectivity index (χ3v) is 7.02. The van der Waals surface area contributed by atoms with E-state index >= 15 is 0 Å². The van der Waals surface area contributed by atoms with Gasteiger partial charge in [0.05, 0.1) is 5.92 Å². The molecule has 0 unspecified atom stereocenters. The van der Waals surface area contributed by atoms with Crippen molar-refractivity contribution in [3.05, 3.63) is 59.1 Å². The lowest BCUT2D eigenvalue weighted by atomic mass is 9.83. The molecule has 0 aliphatic rings. The smallest absolute Gasteiger partial charge is 0.306 e. The maximum Gasteiger partial charge on any atom is 0.306 e. The number of carboxylic acid groups (broad SMARTS) is 1. The zero-order valence-corrected chi connectivity index (χ0v) is 23.4. The van der Waals surface area contributed by atoms with Crippen molar-refractivity contribution in [3.8, 4) is 11.1 Å². The van der Waals surface area contributed by atoms with Crippen molar-refractivity contribution in [1.82, 2.24) is 10.6 Å². The molecule has 2 aromatic rings. The molecule has 0 aliphatic carbocycles.